The normalized spacial score (nSPS) is 20.6. The van der Waals surface area contributed by atoms with Crippen LogP contribution in [-0.2, 0) is 16.1 Å². The molecule has 0 bridgehead atoms. The molecule has 2 heterocycles. The fourth-order valence-corrected chi connectivity index (χ4v) is 4.22. The molecule has 0 saturated carbocycles. The second kappa shape index (κ2) is 10.2. The molecule has 0 radical (unpaired) electrons. The predicted molar refractivity (Wildman–Crippen MR) is 121 cm³/mol. The van der Waals surface area contributed by atoms with Gasteiger partial charge in [-0.05, 0) is 50.9 Å². The Morgan fingerprint density at radius 3 is 2.78 bits per heavy atom. The van der Waals surface area contributed by atoms with Crippen LogP contribution in [0.2, 0.25) is 0 Å². The van der Waals surface area contributed by atoms with E-state index in [0.29, 0.717) is 19.7 Å². The van der Waals surface area contributed by atoms with E-state index >= 15 is 0 Å². The largest absolute Gasteiger partial charge is 0.491 e. The van der Waals surface area contributed by atoms with E-state index in [4.69, 9.17) is 18.9 Å². The fourth-order valence-electron chi connectivity index (χ4n) is 4.22. The smallest absolute Gasteiger partial charge is 0.234 e. The zero-order chi connectivity index (χ0) is 22.4. The minimum absolute atomic E-state index is 0.00217. The van der Waals surface area contributed by atoms with Crippen LogP contribution in [-0.4, -0.2) is 56.6 Å². The molecule has 32 heavy (non-hydrogen) atoms. The maximum Gasteiger partial charge on any atom is 0.234 e. The molecule has 2 aliphatic rings. The van der Waals surface area contributed by atoms with Crippen molar-refractivity contribution >= 4 is 5.91 Å². The summed E-state index contributed by atoms with van der Waals surface area (Å²) in [5, 5.41) is 3.01. The van der Waals surface area contributed by atoms with Crippen LogP contribution in [0.5, 0.6) is 17.2 Å². The van der Waals surface area contributed by atoms with Crippen molar-refractivity contribution in [1.82, 2.24) is 10.2 Å². The zero-order valence-electron chi connectivity index (χ0n) is 18.9. The topological polar surface area (TPSA) is 69.3 Å². The molecule has 0 unspecified atom stereocenters. The quantitative estimate of drug-likeness (QED) is 0.679. The second-order valence-corrected chi connectivity index (χ2v) is 8.55. The number of fused-ring (bicyclic) bond motifs is 1. The first-order valence-corrected chi connectivity index (χ1v) is 11.2. The van der Waals surface area contributed by atoms with E-state index in [9.17, 15) is 4.79 Å². The van der Waals surface area contributed by atoms with Crippen LogP contribution in [0, 0.1) is 6.92 Å². The van der Waals surface area contributed by atoms with E-state index in [1.807, 2.05) is 42.5 Å². The summed E-state index contributed by atoms with van der Waals surface area (Å²) in [4.78, 5) is 14.8. The van der Waals surface area contributed by atoms with Gasteiger partial charge < -0.3 is 24.3 Å². The standard InChI is InChI=1S/C25H32N2O5/c1-19-7-9-21(10-8-19)30-17-25(29-2)11-4-13-27(14-12-25)16-23(28)26-15-20-5-3-6-22-24(20)32-18-31-22/h3,5-10H,4,11-18H2,1-2H3,(H,26,28)/t25-/m1/s1. The monoisotopic (exact) mass is 440 g/mol. The molecule has 1 amide bonds. The number of carbonyl (C=O) groups excluding carboxylic acids is 1. The zero-order valence-corrected chi connectivity index (χ0v) is 18.9. The number of nitrogens with zero attached hydrogens (tertiary/aromatic N) is 1. The van der Waals surface area contributed by atoms with Gasteiger partial charge in [-0.15, -0.1) is 0 Å². The summed E-state index contributed by atoms with van der Waals surface area (Å²) in [6, 6.07) is 13.8. The molecule has 2 aromatic carbocycles. The molecule has 1 fully saturated rings. The molecule has 1 saturated heterocycles. The Morgan fingerprint density at radius 1 is 1.12 bits per heavy atom. The average molecular weight is 441 g/mol. The first-order valence-electron chi connectivity index (χ1n) is 11.2. The summed E-state index contributed by atoms with van der Waals surface area (Å²) in [6.07, 6.45) is 2.68. The van der Waals surface area contributed by atoms with Gasteiger partial charge >= 0.3 is 0 Å². The van der Waals surface area contributed by atoms with Crippen LogP contribution in [0.3, 0.4) is 0 Å². The molecule has 2 aliphatic heterocycles. The average Bonchev–Trinajstić information content (AvgIpc) is 3.20. The van der Waals surface area contributed by atoms with Crippen molar-refractivity contribution in [2.75, 3.05) is 40.1 Å². The van der Waals surface area contributed by atoms with E-state index in [1.165, 1.54) is 5.56 Å². The van der Waals surface area contributed by atoms with Crippen LogP contribution in [0.25, 0.3) is 0 Å². The van der Waals surface area contributed by atoms with Gasteiger partial charge in [-0.2, -0.15) is 0 Å². The predicted octanol–water partition coefficient (Wildman–Crippen LogP) is 3.29. The number of methoxy groups -OCH3 is 1. The number of benzene rings is 2. The third-order valence-corrected chi connectivity index (χ3v) is 6.27. The summed E-state index contributed by atoms with van der Waals surface area (Å²) in [5.74, 6) is 2.31. The summed E-state index contributed by atoms with van der Waals surface area (Å²) in [6.45, 7) is 5.23. The minimum Gasteiger partial charge on any atom is -0.491 e. The Bertz CT molecular complexity index is 917. The molecule has 0 spiro atoms. The van der Waals surface area contributed by atoms with Gasteiger partial charge in [0.25, 0.3) is 0 Å². The lowest BCUT2D eigenvalue weighted by Gasteiger charge is -2.31. The molecular formula is C25H32N2O5. The lowest BCUT2D eigenvalue weighted by Crippen LogP contribution is -2.41. The number of ether oxygens (including phenoxy) is 4. The van der Waals surface area contributed by atoms with Crippen molar-refractivity contribution in [3.63, 3.8) is 0 Å². The first-order chi connectivity index (χ1) is 15.6. The number of hydrogen-bond acceptors (Lipinski definition) is 6. The number of aryl methyl sites for hydroxylation is 1. The highest BCUT2D eigenvalue weighted by molar-refractivity contribution is 5.78. The van der Waals surface area contributed by atoms with Crippen LogP contribution in [0.15, 0.2) is 42.5 Å². The molecule has 4 rings (SSSR count). The van der Waals surface area contributed by atoms with Gasteiger partial charge in [0, 0.05) is 25.8 Å². The lowest BCUT2D eigenvalue weighted by molar-refractivity contribution is -0.122. The first kappa shape index (κ1) is 22.4. The minimum atomic E-state index is -0.335. The van der Waals surface area contributed by atoms with Crippen LogP contribution < -0.4 is 19.5 Å². The SMILES string of the molecule is CO[C@]1(COc2ccc(C)cc2)CCCN(CC(=O)NCc2cccc3c2OCO3)CC1. The Labute approximate surface area is 189 Å². The second-order valence-electron chi connectivity index (χ2n) is 8.55. The molecule has 7 heteroatoms. The molecule has 172 valence electrons. The van der Waals surface area contributed by atoms with Gasteiger partial charge in [0.1, 0.15) is 18.0 Å². The summed E-state index contributed by atoms with van der Waals surface area (Å²) < 4.78 is 22.9. The van der Waals surface area contributed by atoms with Crippen molar-refractivity contribution in [3.05, 3.63) is 53.6 Å². The number of likely N-dealkylation sites (tertiary alicyclic amines) is 1. The molecular weight excluding hydrogens is 408 g/mol. The van der Waals surface area contributed by atoms with Crippen LogP contribution >= 0.6 is 0 Å². The van der Waals surface area contributed by atoms with Crippen LogP contribution in [0.1, 0.15) is 30.4 Å². The maximum absolute atomic E-state index is 12.6. The molecule has 2 aromatic rings. The van der Waals surface area contributed by atoms with Crippen molar-refractivity contribution in [3.8, 4) is 17.2 Å². The Kier molecular flexibility index (Phi) is 7.17. The van der Waals surface area contributed by atoms with Crippen LogP contribution in [0.4, 0.5) is 0 Å². The van der Waals surface area contributed by atoms with E-state index in [-0.39, 0.29) is 18.3 Å². The third kappa shape index (κ3) is 5.53. The summed E-state index contributed by atoms with van der Waals surface area (Å²) >= 11 is 0. The molecule has 1 N–H and O–H groups in total. The number of rotatable bonds is 8. The molecule has 0 aromatic heterocycles. The van der Waals surface area contributed by atoms with Gasteiger partial charge in [0.15, 0.2) is 11.5 Å². The molecule has 7 nitrogen and oxygen atoms in total. The van der Waals surface area contributed by atoms with Crippen molar-refractivity contribution in [2.45, 2.75) is 38.3 Å². The number of carbonyl (C=O) groups is 1. The van der Waals surface area contributed by atoms with Gasteiger partial charge in [0.05, 0.1) is 6.54 Å². The van der Waals surface area contributed by atoms with Gasteiger partial charge in [-0.25, -0.2) is 0 Å². The Morgan fingerprint density at radius 2 is 1.97 bits per heavy atom. The van der Waals surface area contributed by atoms with Crippen molar-refractivity contribution < 1.29 is 23.7 Å². The highest BCUT2D eigenvalue weighted by Crippen LogP contribution is 2.35. The Hall–Kier alpha value is -2.77. The van der Waals surface area contributed by atoms with E-state index in [0.717, 1.165) is 55.2 Å². The van der Waals surface area contributed by atoms with Gasteiger partial charge in [-0.1, -0.05) is 29.8 Å². The lowest BCUT2D eigenvalue weighted by atomic mass is 9.95. The number of nitrogens with one attached hydrogen (secondary N) is 1. The van der Waals surface area contributed by atoms with Gasteiger partial charge in [-0.3, -0.25) is 9.69 Å². The summed E-state index contributed by atoms with van der Waals surface area (Å²) in [5.41, 5.74) is 1.80. The molecule has 0 aliphatic carbocycles. The van der Waals surface area contributed by atoms with Crippen molar-refractivity contribution in [1.29, 1.82) is 0 Å². The number of amides is 1. The third-order valence-electron chi connectivity index (χ3n) is 6.27. The summed E-state index contributed by atoms with van der Waals surface area (Å²) in [7, 11) is 1.75. The molecule has 1 atom stereocenters. The van der Waals surface area contributed by atoms with E-state index in [1.54, 1.807) is 7.11 Å². The van der Waals surface area contributed by atoms with Gasteiger partial charge in [0.2, 0.25) is 12.7 Å². The van der Waals surface area contributed by atoms with E-state index < -0.39 is 0 Å². The number of para-hydroxylation sites is 1. The Balaban J connectivity index is 1.26. The highest BCUT2D eigenvalue weighted by atomic mass is 16.7. The maximum atomic E-state index is 12.6. The number of hydrogen-bond donors (Lipinski definition) is 1. The highest BCUT2D eigenvalue weighted by Gasteiger charge is 2.34. The fraction of sp³-hybridized carbons (Fsp3) is 0.480. The van der Waals surface area contributed by atoms with Crippen molar-refractivity contribution in [2.24, 2.45) is 0 Å². The van der Waals surface area contributed by atoms with E-state index in [2.05, 4.69) is 17.1 Å².